The van der Waals surface area contributed by atoms with E-state index in [0.717, 1.165) is 73.0 Å². The van der Waals surface area contributed by atoms with Crippen LogP contribution in [0.1, 0.15) is 66.3 Å². The summed E-state index contributed by atoms with van der Waals surface area (Å²) in [4.78, 5) is 26.9. The second-order valence-electron chi connectivity index (χ2n) is 8.19. The van der Waals surface area contributed by atoms with E-state index in [2.05, 4.69) is 35.4 Å². The Morgan fingerprint density at radius 2 is 1.72 bits per heavy atom. The van der Waals surface area contributed by atoms with Gasteiger partial charge in [0.25, 0.3) is 0 Å². The van der Waals surface area contributed by atoms with Crippen LogP contribution in [0.25, 0.3) is 21.8 Å². The fourth-order valence-electron chi connectivity index (χ4n) is 4.83. The summed E-state index contributed by atoms with van der Waals surface area (Å²) in [6.07, 6.45) is 3.70. The minimum absolute atomic E-state index is 0.0773. The molecule has 0 amide bonds. The van der Waals surface area contributed by atoms with Crippen molar-refractivity contribution >= 4 is 33.4 Å². The van der Waals surface area contributed by atoms with Crippen molar-refractivity contribution in [3.8, 4) is 0 Å². The van der Waals surface area contributed by atoms with Crippen LogP contribution in [-0.2, 0) is 13.0 Å². The Bertz CT molecular complexity index is 1090. The van der Waals surface area contributed by atoms with E-state index in [-0.39, 0.29) is 11.6 Å². The molecule has 1 aliphatic rings. The number of hydrogen-bond acceptors (Lipinski definition) is 3. The van der Waals surface area contributed by atoms with Crippen molar-refractivity contribution in [1.29, 1.82) is 0 Å². The highest BCUT2D eigenvalue weighted by Crippen LogP contribution is 2.37. The van der Waals surface area contributed by atoms with E-state index >= 15 is 0 Å². The Morgan fingerprint density at radius 1 is 1.00 bits per heavy atom. The molecular formula is C25H30N2O2. The van der Waals surface area contributed by atoms with Gasteiger partial charge in [-0.15, -0.1) is 0 Å². The summed E-state index contributed by atoms with van der Waals surface area (Å²) in [6.45, 7) is 10.2. The van der Waals surface area contributed by atoms with Gasteiger partial charge in [0.1, 0.15) is 0 Å². The number of nitrogens with zero attached hydrogens (tertiary/aromatic N) is 2. The molecule has 0 unspecified atom stereocenters. The number of aryl methyl sites for hydroxylation is 1. The van der Waals surface area contributed by atoms with E-state index in [1.807, 2.05) is 18.2 Å². The maximum Gasteiger partial charge on any atom is 0.163 e. The summed E-state index contributed by atoms with van der Waals surface area (Å²) in [5, 5.41) is 2.28. The molecule has 0 saturated carbocycles. The Kier molecular flexibility index (Phi) is 5.55. The Labute approximate surface area is 172 Å². The molecule has 2 aromatic carbocycles. The first-order valence-corrected chi connectivity index (χ1v) is 10.9. The molecule has 0 radical (unpaired) electrons. The lowest BCUT2D eigenvalue weighted by Crippen LogP contribution is -2.29. The minimum atomic E-state index is 0.0773. The Morgan fingerprint density at radius 3 is 2.41 bits per heavy atom. The normalized spacial score (nSPS) is 13.7. The summed E-state index contributed by atoms with van der Waals surface area (Å²) in [7, 11) is 0. The molecular weight excluding hydrogens is 360 g/mol. The number of ketones is 2. The Hall–Kier alpha value is -2.46. The van der Waals surface area contributed by atoms with Gasteiger partial charge in [0.15, 0.2) is 11.6 Å². The summed E-state index contributed by atoms with van der Waals surface area (Å²) < 4.78 is 2.38. The smallest absolute Gasteiger partial charge is 0.163 e. The second-order valence-corrected chi connectivity index (χ2v) is 8.19. The van der Waals surface area contributed by atoms with Gasteiger partial charge in [0.05, 0.1) is 0 Å². The molecule has 0 fully saturated rings. The van der Waals surface area contributed by atoms with Crippen LogP contribution in [-0.4, -0.2) is 40.7 Å². The maximum absolute atomic E-state index is 12.3. The molecule has 0 bridgehead atoms. The number of carbonyl (C=O) groups excluding carboxylic acids is 2. The SMILES string of the molecule is CCCN(CCC)CCn1c2ccc(C(C)=O)cc2c2c3c(ccc21)C(=O)CC3. The standard InChI is InChI=1S/C25H30N2O2/c1-4-12-26(13-5-2)14-15-27-22-9-6-18(17(3)28)16-21(22)25-20-8-11-24(29)19(20)7-10-23(25)27/h6-7,9-10,16H,4-5,8,11-15H2,1-3H3. The van der Waals surface area contributed by atoms with Crippen molar-refractivity contribution in [2.45, 2.75) is 53.0 Å². The quantitative estimate of drug-likeness (QED) is 0.494. The molecule has 4 nitrogen and oxygen atoms in total. The number of Topliss-reactive ketones (excluding diaryl/α,β-unsaturated/α-hetero) is 2. The second kappa shape index (κ2) is 8.11. The number of benzene rings is 2. The van der Waals surface area contributed by atoms with E-state index in [0.29, 0.717) is 6.42 Å². The maximum atomic E-state index is 12.3. The highest BCUT2D eigenvalue weighted by Gasteiger charge is 2.25. The number of rotatable bonds is 8. The number of aromatic nitrogens is 1. The molecule has 4 rings (SSSR count). The molecule has 4 heteroatoms. The van der Waals surface area contributed by atoms with Crippen molar-refractivity contribution in [3.63, 3.8) is 0 Å². The first-order chi connectivity index (χ1) is 14.0. The van der Waals surface area contributed by atoms with Crippen LogP contribution in [0.4, 0.5) is 0 Å². The molecule has 152 valence electrons. The van der Waals surface area contributed by atoms with E-state index < -0.39 is 0 Å². The Balaban J connectivity index is 1.87. The lowest BCUT2D eigenvalue weighted by Gasteiger charge is -2.21. The van der Waals surface area contributed by atoms with Crippen molar-refractivity contribution in [3.05, 3.63) is 47.0 Å². The van der Waals surface area contributed by atoms with Crippen molar-refractivity contribution in [2.75, 3.05) is 19.6 Å². The monoisotopic (exact) mass is 390 g/mol. The zero-order valence-electron chi connectivity index (χ0n) is 17.8. The molecule has 0 atom stereocenters. The fourth-order valence-corrected chi connectivity index (χ4v) is 4.83. The summed E-state index contributed by atoms with van der Waals surface area (Å²) in [5.74, 6) is 0.316. The molecule has 1 heterocycles. The van der Waals surface area contributed by atoms with Gasteiger partial charge >= 0.3 is 0 Å². The number of hydrogen-bond donors (Lipinski definition) is 0. The summed E-state index contributed by atoms with van der Waals surface area (Å²) >= 11 is 0. The van der Waals surface area contributed by atoms with Gasteiger partial charge in [0, 0.05) is 52.4 Å². The predicted octanol–water partition coefficient (Wildman–Crippen LogP) is 5.25. The van der Waals surface area contributed by atoms with Crippen molar-refractivity contribution < 1.29 is 9.59 Å². The van der Waals surface area contributed by atoms with Crippen LogP contribution in [0, 0.1) is 0 Å². The van der Waals surface area contributed by atoms with E-state index in [1.165, 1.54) is 10.9 Å². The van der Waals surface area contributed by atoms with Gasteiger partial charge < -0.3 is 9.47 Å². The topological polar surface area (TPSA) is 42.3 Å². The molecule has 0 saturated heterocycles. The lowest BCUT2D eigenvalue weighted by atomic mass is 10.0. The molecule has 0 spiro atoms. The van der Waals surface area contributed by atoms with E-state index in [4.69, 9.17) is 0 Å². The molecule has 3 aromatic rings. The largest absolute Gasteiger partial charge is 0.339 e. The van der Waals surface area contributed by atoms with Crippen LogP contribution in [0.2, 0.25) is 0 Å². The zero-order chi connectivity index (χ0) is 20.5. The third-order valence-corrected chi connectivity index (χ3v) is 6.17. The third kappa shape index (κ3) is 3.51. The van der Waals surface area contributed by atoms with Crippen LogP contribution in [0.5, 0.6) is 0 Å². The van der Waals surface area contributed by atoms with Gasteiger partial charge in [-0.1, -0.05) is 13.8 Å². The van der Waals surface area contributed by atoms with Crippen molar-refractivity contribution in [1.82, 2.24) is 9.47 Å². The van der Waals surface area contributed by atoms with Crippen LogP contribution in [0.15, 0.2) is 30.3 Å². The van der Waals surface area contributed by atoms with Crippen LogP contribution >= 0.6 is 0 Å². The number of carbonyl (C=O) groups is 2. The molecule has 29 heavy (non-hydrogen) atoms. The van der Waals surface area contributed by atoms with Gasteiger partial charge in [-0.05, 0) is 75.2 Å². The molecule has 1 aromatic heterocycles. The van der Waals surface area contributed by atoms with Gasteiger partial charge in [0.2, 0.25) is 0 Å². The third-order valence-electron chi connectivity index (χ3n) is 6.17. The first-order valence-electron chi connectivity index (χ1n) is 10.9. The average molecular weight is 391 g/mol. The summed E-state index contributed by atoms with van der Waals surface area (Å²) in [6, 6.07) is 10.1. The first kappa shape index (κ1) is 19.8. The predicted molar refractivity (Wildman–Crippen MR) is 119 cm³/mol. The van der Waals surface area contributed by atoms with Gasteiger partial charge in [-0.2, -0.15) is 0 Å². The van der Waals surface area contributed by atoms with E-state index in [1.54, 1.807) is 6.92 Å². The van der Waals surface area contributed by atoms with E-state index in [9.17, 15) is 9.59 Å². The van der Waals surface area contributed by atoms with Crippen LogP contribution < -0.4 is 0 Å². The minimum Gasteiger partial charge on any atom is -0.339 e. The molecule has 1 aliphatic carbocycles. The highest BCUT2D eigenvalue weighted by atomic mass is 16.1. The molecule has 0 aliphatic heterocycles. The van der Waals surface area contributed by atoms with Crippen molar-refractivity contribution in [2.24, 2.45) is 0 Å². The van der Waals surface area contributed by atoms with Crippen LogP contribution in [0.3, 0.4) is 0 Å². The lowest BCUT2D eigenvalue weighted by molar-refractivity contribution is 0.0991. The zero-order valence-corrected chi connectivity index (χ0v) is 17.8. The fraction of sp³-hybridized carbons (Fsp3) is 0.440. The van der Waals surface area contributed by atoms with Gasteiger partial charge in [-0.25, -0.2) is 0 Å². The molecule has 0 N–H and O–H groups in total. The summed E-state index contributed by atoms with van der Waals surface area (Å²) in [5.41, 5.74) is 5.10. The average Bonchev–Trinajstić information content (AvgIpc) is 3.24. The highest BCUT2D eigenvalue weighted by molar-refractivity contribution is 6.16. The van der Waals surface area contributed by atoms with Gasteiger partial charge in [-0.3, -0.25) is 9.59 Å². The number of fused-ring (bicyclic) bond motifs is 5.